The second kappa shape index (κ2) is 6.74. The van der Waals surface area contributed by atoms with Crippen LogP contribution in [0.5, 0.6) is 0 Å². The highest BCUT2D eigenvalue weighted by molar-refractivity contribution is 5.68. The Kier molecular flexibility index (Phi) is 4.76. The Balaban J connectivity index is 1.87. The van der Waals surface area contributed by atoms with Gasteiger partial charge in [0.05, 0.1) is 18.5 Å². The maximum Gasteiger partial charge on any atom is 0.292 e. The summed E-state index contributed by atoms with van der Waals surface area (Å²) in [5.41, 5.74) is 1.48. The van der Waals surface area contributed by atoms with Gasteiger partial charge in [-0.1, -0.05) is 0 Å². The van der Waals surface area contributed by atoms with Crippen LogP contribution in [0.2, 0.25) is 0 Å². The van der Waals surface area contributed by atoms with E-state index in [1.807, 2.05) is 30.3 Å². The van der Waals surface area contributed by atoms with Gasteiger partial charge in [0, 0.05) is 31.8 Å². The van der Waals surface area contributed by atoms with E-state index in [2.05, 4.69) is 15.2 Å². The van der Waals surface area contributed by atoms with Gasteiger partial charge < -0.3 is 10.6 Å². The molecule has 21 heavy (non-hydrogen) atoms. The molecule has 0 unspecified atom stereocenters. The van der Waals surface area contributed by atoms with Crippen LogP contribution in [0.25, 0.3) is 0 Å². The van der Waals surface area contributed by atoms with E-state index in [0.717, 1.165) is 25.2 Å². The minimum absolute atomic E-state index is 0.0860. The summed E-state index contributed by atoms with van der Waals surface area (Å²) in [7, 11) is 3.67. The number of rotatable bonds is 7. The lowest BCUT2D eigenvalue weighted by molar-refractivity contribution is -0.671. The average Bonchev–Trinajstić information content (AvgIpc) is 2.88. The minimum atomic E-state index is -0.387. The fourth-order valence-electron chi connectivity index (χ4n) is 2.13. The van der Waals surface area contributed by atoms with Crippen molar-refractivity contribution >= 4 is 17.1 Å². The normalized spacial score (nSPS) is 10.4. The SMILES string of the molecule is CNc1cc(NCCCn2cc[n+](C)c2)ccc1[N+](=O)[O-]. The van der Waals surface area contributed by atoms with Gasteiger partial charge in [0.1, 0.15) is 18.1 Å². The Bertz CT molecular complexity index is 624. The summed E-state index contributed by atoms with van der Waals surface area (Å²) in [4.78, 5) is 10.5. The summed E-state index contributed by atoms with van der Waals surface area (Å²) in [6.07, 6.45) is 7.04. The van der Waals surface area contributed by atoms with Crippen LogP contribution in [0, 0.1) is 10.1 Å². The maximum absolute atomic E-state index is 10.9. The highest BCUT2D eigenvalue weighted by Crippen LogP contribution is 2.27. The Hall–Kier alpha value is -2.57. The molecule has 0 spiro atoms. The number of hydrogen-bond acceptors (Lipinski definition) is 4. The quantitative estimate of drug-likeness (QED) is 0.353. The topological polar surface area (TPSA) is 76.0 Å². The molecule has 0 aliphatic heterocycles. The largest absolute Gasteiger partial charge is 0.385 e. The number of aromatic nitrogens is 2. The molecule has 112 valence electrons. The van der Waals surface area contributed by atoms with Gasteiger partial charge in [-0.2, -0.15) is 0 Å². The smallest absolute Gasteiger partial charge is 0.292 e. The first-order chi connectivity index (χ1) is 10.1. The highest BCUT2D eigenvalue weighted by Gasteiger charge is 2.12. The number of aryl methyl sites for hydroxylation is 2. The van der Waals surface area contributed by atoms with E-state index in [1.165, 1.54) is 6.07 Å². The molecule has 0 amide bonds. The molecule has 0 saturated carbocycles. The summed E-state index contributed by atoms with van der Waals surface area (Å²) in [5.74, 6) is 0. The number of imidazole rings is 1. The van der Waals surface area contributed by atoms with Crippen LogP contribution in [-0.4, -0.2) is 23.1 Å². The summed E-state index contributed by atoms with van der Waals surface area (Å²) in [6, 6.07) is 5.00. The van der Waals surface area contributed by atoms with Gasteiger partial charge in [-0.15, -0.1) is 0 Å². The molecule has 0 aliphatic rings. The molecule has 7 heteroatoms. The van der Waals surface area contributed by atoms with E-state index in [1.54, 1.807) is 19.2 Å². The first kappa shape index (κ1) is 14.8. The van der Waals surface area contributed by atoms with Crippen LogP contribution in [0.15, 0.2) is 36.9 Å². The van der Waals surface area contributed by atoms with Crippen LogP contribution < -0.4 is 15.2 Å². The van der Waals surface area contributed by atoms with Gasteiger partial charge in [0.15, 0.2) is 0 Å². The van der Waals surface area contributed by atoms with E-state index in [9.17, 15) is 10.1 Å². The molecule has 2 rings (SSSR count). The second-order valence-corrected chi connectivity index (χ2v) is 4.84. The van der Waals surface area contributed by atoms with E-state index in [4.69, 9.17) is 0 Å². The van der Waals surface area contributed by atoms with Crippen molar-refractivity contribution in [3.63, 3.8) is 0 Å². The number of nitrogens with one attached hydrogen (secondary N) is 2. The van der Waals surface area contributed by atoms with E-state index in [0.29, 0.717) is 5.69 Å². The summed E-state index contributed by atoms with van der Waals surface area (Å²) < 4.78 is 4.12. The van der Waals surface area contributed by atoms with Crippen LogP contribution in [0.1, 0.15) is 6.42 Å². The van der Waals surface area contributed by atoms with Crippen molar-refractivity contribution in [1.82, 2.24) is 4.57 Å². The third-order valence-electron chi connectivity index (χ3n) is 3.21. The molecule has 0 radical (unpaired) electrons. The van der Waals surface area contributed by atoms with Crippen LogP contribution >= 0.6 is 0 Å². The molecule has 1 aromatic carbocycles. The zero-order valence-corrected chi connectivity index (χ0v) is 12.2. The van der Waals surface area contributed by atoms with Crippen LogP contribution in [-0.2, 0) is 13.6 Å². The Labute approximate surface area is 123 Å². The molecule has 7 nitrogen and oxygen atoms in total. The molecule has 0 atom stereocenters. The van der Waals surface area contributed by atoms with E-state index >= 15 is 0 Å². The molecule has 0 aliphatic carbocycles. The number of nitro benzene ring substituents is 1. The molecule has 1 heterocycles. The van der Waals surface area contributed by atoms with Gasteiger partial charge in [0.2, 0.25) is 6.33 Å². The number of nitrogens with zero attached hydrogens (tertiary/aromatic N) is 3. The van der Waals surface area contributed by atoms with Crippen molar-refractivity contribution in [2.75, 3.05) is 24.2 Å². The molecule has 0 saturated heterocycles. The van der Waals surface area contributed by atoms with Gasteiger partial charge in [-0.3, -0.25) is 10.1 Å². The van der Waals surface area contributed by atoms with Crippen molar-refractivity contribution in [2.45, 2.75) is 13.0 Å². The van der Waals surface area contributed by atoms with Crippen molar-refractivity contribution < 1.29 is 9.49 Å². The standard InChI is InChI=1S/C14H20N5O2/c1-15-13-10-12(4-5-14(13)19(20)21)16-6-3-7-18-9-8-17(2)11-18/h4-5,8-11,15-16H,3,6-7H2,1-2H3/q+1. The van der Waals surface area contributed by atoms with Crippen LogP contribution in [0.3, 0.4) is 0 Å². The molecule has 0 fully saturated rings. The van der Waals surface area contributed by atoms with Gasteiger partial charge in [-0.05, 0) is 12.1 Å². The van der Waals surface area contributed by atoms with Gasteiger partial charge >= 0.3 is 0 Å². The van der Waals surface area contributed by atoms with E-state index < -0.39 is 0 Å². The van der Waals surface area contributed by atoms with E-state index in [-0.39, 0.29) is 10.6 Å². The fourth-order valence-corrected chi connectivity index (χ4v) is 2.13. The summed E-state index contributed by atoms with van der Waals surface area (Å²) >= 11 is 0. The monoisotopic (exact) mass is 290 g/mol. The zero-order valence-electron chi connectivity index (χ0n) is 12.2. The second-order valence-electron chi connectivity index (χ2n) is 4.84. The lowest BCUT2D eigenvalue weighted by atomic mass is 10.2. The predicted octanol–water partition coefficient (Wildman–Crippen LogP) is 1.76. The molecule has 2 N–H and O–H groups in total. The zero-order chi connectivity index (χ0) is 15.2. The molecule has 0 bridgehead atoms. The molecule has 2 aromatic rings. The van der Waals surface area contributed by atoms with Crippen LogP contribution in [0.4, 0.5) is 17.1 Å². The lowest BCUT2D eigenvalue weighted by Crippen LogP contribution is -2.23. The maximum atomic E-state index is 10.9. The van der Waals surface area contributed by atoms with Crippen molar-refractivity contribution in [2.24, 2.45) is 7.05 Å². The third-order valence-corrected chi connectivity index (χ3v) is 3.21. The Morgan fingerprint density at radius 3 is 2.86 bits per heavy atom. The van der Waals surface area contributed by atoms with Crippen molar-refractivity contribution in [1.29, 1.82) is 0 Å². The molecular weight excluding hydrogens is 270 g/mol. The van der Waals surface area contributed by atoms with Crippen molar-refractivity contribution in [3.8, 4) is 0 Å². The fraction of sp³-hybridized carbons (Fsp3) is 0.357. The summed E-state index contributed by atoms with van der Waals surface area (Å²) in [5, 5.41) is 17.0. The average molecular weight is 290 g/mol. The highest BCUT2D eigenvalue weighted by atomic mass is 16.6. The number of benzene rings is 1. The third kappa shape index (κ3) is 3.95. The first-order valence-electron chi connectivity index (χ1n) is 6.81. The predicted molar refractivity (Wildman–Crippen MR) is 81.4 cm³/mol. The van der Waals surface area contributed by atoms with Gasteiger partial charge in [-0.25, -0.2) is 9.13 Å². The minimum Gasteiger partial charge on any atom is -0.385 e. The first-order valence-corrected chi connectivity index (χ1v) is 6.81. The number of anilines is 2. The molecule has 1 aromatic heterocycles. The van der Waals surface area contributed by atoms with Crippen molar-refractivity contribution in [3.05, 3.63) is 47.0 Å². The lowest BCUT2D eigenvalue weighted by Gasteiger charge is -2.08. The Morgan fingerprint density at radius 2 is 2.24 bits per heavy atom. The number of nitro groups is 1. The molecular formula is C14H20N5O2+. The number of hydrogen-bond donors (Lipinski definition) is 2. The summed E-state index contributed by atoms with van der Waals surface area (Å²) in [6.45, 7) is 1.74. The Morgan fingerprint density at radius 1 is 1.43 bits per heavy atom. The van der Waals surface area contributed by atoms with Gasteiger partial charge in [0.25, 0.3) is 5.69 Å².